The molecule has 0 fully saturated rings. The smallest absolute Gasteiger partial charge is 0.161 e. The average molecular weight is 329 g/mol. The van der Waals surface area contributed by atoms with Gasteiger partial charge in [0.15, 0.2) is 11.5 Å². The van der Waals surface area contributed by atoms with Crippen LogP contribution in [0, 0.1) is 0 Å². The molecule has 0 saturated heterocycles. The minimum absolute atomic E-state index is 0.0227. The zero-order chi connectivity index (χ0) is 16.9. The lowest BCUT2D eigenvalue weighted by atomic mass is 10.1. The first-order valence-electron chi connectivity index (χ1n) is 8.31. The normalized spacial score (nSPS) is 15.8. The van der Waals surface area contributed by atoms with Crippen LogP contribution in [0.3, 0.4) is 0 Å². The molecule has 1 unspecified atom stereocenters. The van der Waals surface area contributed by atoms with Crippen LogP contribution in [0.25, 0.3) is 0 Å². The van der Waals surface area contributed by atoms with Crippen molar-refractivity contribution >= 4 is 5.69 Å². The Balaban J connectivity index is 1.72. The van der Waals surface area contributed by atoms with Crippen LogP contribution in [0.2, 0.25) is 0 Å². The number of benzene rings is 2. The molecule has 2 aromatic carbocycles. The Morgan fingerprint density at radius 1 is 1.08 bits per heavy atom. The van der Waals surface area contributed by atoms with Gasteiger partial charge in [0.05, 0.1) is 25.4 Å². The van der Waals surface area contributed by atoms with E-state index in [-0.39, 0.29) is 11.9 Å². The van der Waals surface area contributed by atoms with Gasteiger partial charge in [0.2, 0.25) is 0 Å². The van der Waals surface area contributed by atoms with Gasteiger partial charge in [0.1, 0.15) is 17.6 Å². The molecule has 0 radical (unpaired) electrons. The van der Waals surface area contributed by atoms with Crippen molar-refractivity contribution in [2.24, 2.45) is 0 Å². The molecular weight excluding hydrogens is 306 g/mol. The van der Waals surface area contributed by atoms with Crippen LogP contribution < -0.4 is 19.5 Å². The van der Waals surface area contributed by atoms with Gasteiger partial charge in [-0.05, 0) is 43.7 Å². The first kappa shape index (κ1) is 16.3. The summed E-state index contributed by atoms with van der Waals surface area (Å²) < 4.78 is 17.3. The number of nitrogens with one attached hydrogen (secondary N) is 1. The third-order valence-corrected chi connectivity index (χ3v) is 3.85. The van der Waals surface area contributed by atoms with Crippen molar-refractivity contribution in [3.63, 3.8) is 0 Å². The maximum absolute atomic E-state index is 9.52. The number of rotatable bonds is 6. The molecular formula is C19H23NO4. The summed E-state index contributed by atoms with van der Waals surface area (Å²) in [4.78, 5) is 0. The SMILES string of the molecule is CCOc1ccc(CC2CNc3cc(O)ccc3O2)cc1OCC. The summed E-state index contributed by atoms with van der Waals surface area (Å²) >= 11 is 0. The molecule has 2 aromatic rings. The summed E-state index contributed by atoms with van der Waals surface area (Å²) in [7, 11) is 0. The molecule has 0 aliphatic carbocycles. The molecule has 1 heterocycles. The molecule has 1 aliphatic rings. The third-order valence-electron chi connectivity index (χ3n) is 3.85. The second kappa shape index (κ2) is 7.34. The van der Waals surface area contributed by atoms with E-state index in [2.05, 4.69) is 5.32 Å². The number of hydrogen-bond donors (Lipinski definition) is 2. The monoisotopic (exact) mass is 329 g/mol. The highest BCUT2D eigenvalue weighted by Crippen LogP contribution is 2.34. The van der Waals surface area contributed by atoms with Crippen LogP contribution in [-0.2, 0) is 6.42 Å². The van der Waals surface area contributed by atoms with Gasteiger partial charge in [-0.25, -0.2) is 0 Å². The fourth-order valence-electron chi connectivity index (χ4n) is 2.80. The van der Waals surface area contributed by atoms with E-state index in [1.807, 2.05) is 32.0 Å². The summed E-state index contributed by atoms with van der Waals surface area (Å²) in [5.41, 5.74) is 1.96. The zero-order valence-corrected chi connectivity index (χ0v) is 14.0. The predicted molar refractivity (Wildman–Crippen MR) is 93.5 cm³/mol. The van der Waals surface area contributed by atoms with Crippen molar-refractivity contribution in [2.45, 2.75) is 26.4 Å². The topological polar surface area (TPSA) is 60.0 Å². The van der Waals surface area contributed by atoms with Gasteiger partial charge in [-0.3, -0.25) is 0 Å². The molecule has 128 valence electrons. The number of phenolic OH excluding ortho intramolecular Hbond substituents is 1. The van der Waals surface area contributed by atoms with Crippen LogP contribution in [0.5, 0.6) is 23.0 Å². The van der Waals surface area contributed by atoms with Gasteiger partial charge in [-0.1, -0.05) is 6.07 Å². The number of aromatic hydroxyl groups is 1. The molecule has 5 heteroatoms. The molecule has 0 spiro atoms. The number of phenols is 1. The Hall–Kier alpha value is -2.56. The van der Waals surface area contributed by atoms with E-state index in [0.717, 1.165) is 34.9 Å². The Morgan fingerprint density at radius 3 is 2.67 bits per heavy atom. The maximum atomic E-state index is 9.52. The third kappa shape index (κ3) is 3.67. The molecule has 0 amide bonds. The molecule has 1 atom stereocenters. The second-order valence-electron chi connectivity index (χ2n) is 5.65. The highest BCUT2D eigenvalue weighted by atomic mass is 16.5. The van der Waals surface area contributed by atoms with E-state index in [4.69, 9.17) is 14.2 Å². The molecule has 24 heavy (non-hydrogen) atoms. The number of ether oxygens (including phenoxy) is 3. The average Bonchev–Trinajstić information content (AvgIpc) is 2.58. The van der Waals surface area contributed by atoms with E-state index < -0.39 is 0 Å². The fourth-order valence-corrected chi connectivity index (χ4v) is 2.80. The van der Waals surface area contributed by atoms with Crippen molar-refractivity contribution in [3.05, 3.63) is 42.0 Å². The number of hydrogen-bond acceptors (Lipinski definition) is 5. The van der Waals surface area contributed by atoms with Crippen LogP contribution in [0.15, 0.2) is 36.4 Å². The van der Waals surface area contributed by atoms with Crippen LogP contribution in [0.1, 0.15) is 19.4 Å². The molecule has 1 aliphatic heterocycles. The predicted octanol–water partition coefficient (Wildman–Crippen LogP) is 3.61. The first-order chi connectivity index (χ1) is 11.7. The van der Waals surface area contributed by atoms with Gasteiger partial charge in [0.25, 0.3) is 0 Å². The Morgan fingerprint density at radius 2 is 1.88 bits per heavy atom. The number of fused-ring (bicyclic) bond motifs is 1. The molecule has 5 nitrogen and oxygen atoms in total. The molecule has 2 N–H and O–H groups in total. The maximum Gasteiger partial charge on any atom is 0.161 e. The summed E-state index contributed by atoms with van der Waals surface area (Å²) in [6, 6.07) is 11.1. The van der Waals surface area contributed by atoms with Gasteiger partial charge in [0, 0.05) is 12.5 Å². The summed E-state index contributed by atoms with van der Waals surface area (Å²) in [6.07, 6.45) is 0.786. The quantitative estimate of drug-likeness (QED) is 0.848. The fraction of sp³-hybridized carbons (Fsp3) is 0.368. The second-order valence-corrected chi connectivity index (χ2v) is 5.65. The van der Waals surface area contributed by atoms with Crippen molar-refractivity contribution in [1.82, 2.24) is 0 Å². The minimum Gasteiger partial charge on any atom is -0.508 e. The minimum atomic E-state index is 0.0227. The number of anilines is 1. The molecule has 0 bridgehead atoms. The standard InChI is InChI=1S/C19H23NO4/c1-3-22-18-7-5-13(10-19(18)23-4-2)9-15-12-20-16-11-14(21)6-8-17(16)24-15/h5-8,10-11,15,20-21H,3-4,9,12H2,1-2H3. The zero-order valence-electron chi connectivity index (χ0n) is 14.0. The summed E-state index contributed by atoms with van der Waals surface area (Å²) in [5.74, 6) is 2.54. The van der Waals surface area contributed by atoms with Crippen LogP contribution in [0.4, 0.5) is 5.69 Å². The van der Waals surface area contributed by atoms with Crippen molar-refractivity contribution in [2.75, 3.05) is 25.1 Å². The van der Waals surface area contributed by atoms with Gasteiger partial charge in [-0.2, -0.15) is 0 Å². The van der Waals surface area contributed by atoms with E-state index >= 15 is 0 Å². The van der Waals surface area contributed by atoms with Crippen LogP contribution >= 0.6 is 0 Å². The van der Waals surface area contributed by atoms with Gasteiger partial charge < -0.3 is 24.6 Å². The Kier molecular flexibility index (Phi) is 4.99. The van der Waals surface area contributed by atoms with E-state index in [0.29, 0.717) is 19.8 Å². The van der Waals surface area contributed by atoms with Crippen LogP contribution in [-0.4, -0.2) is 31.0 Å². The lowest BCUT2D eigenvalue weighted by Crippen LogP contribution is -2.32. The summed E-state index contributed by atoms with van der Waals surface area (Å²) in [5, 5.41) is 12.8. The first-order valence-corrected chi connectivity index (χ1v) is 8.31. The van der Waals surface area contributed by atoms with Crippen molar-refractivity contribution in [1.29, 1.82) is 0 Å². The van der Waals surface area contributed by atoms with E-state index in [9.17, 15) is 5.11 Å². The Bertz CT molecular complexity index is 702. The summed E-state index contributed by atoms with van der Waals surface area (Å²) in [6.45, 7) is 5.82. The molecule has 0 saturated carbocycles. The highest BCUT2D eigenvalue weighted by molar-refractivity contribution is 5.61. The lowest BCUT2D eigenvalue weighted by Gasteiger charge is -2.27. The highest BCUT2D eigenvalue weighted by Gasteiger charge is 2.20. The largest absolute Gasteiger partial charge is 0.508 e. The van der Waals surface area contributed by atoms with Crippen molar-refractivity contribution < 1.29 is 19.3 Å². The Labute approximate surface area is 142 Å². The lowest BCUT2D eigenvalue weighted by molar-refractivity contribution is 0.206. The molecule has 3 rings (SSSR count). The van der Waals surface area contributed by atoms with E-state index in [1.54, 1.807) is 18.2 Å². The van der Waals surface area contributed by atoms with Crippen molar-refractivity contribution in [3.8, 4) is 23.0 Å². The molecule has 0 aromatic heterocycles. The van der Waals surface area contributed by atoms with E-state index in [1.165, 1.54) is 0 Å². The van der Waals surface area contributed by atoms with Gasteiger partial charge >= 0.3 is 0 Å². The van der Waals surface area contributed by atoms with Gasteiger partial charge in [-0.15, -0.1) is 0 Å².